The SMILES string of the molecule is O=C(N1CCN(c2ccc(N3CCCCCC3)nn2)CC1)C1(c2ccc(F)cc2)CC1. The molecule has 2 saturated heterocycles. The van der Waals surface area contributed by atoms with Crippen LogP contribution in [0, 0.1) is 5.82 Å². The first-order chi connectivity index (χ1) is 15.2. The Hall–Kier alpha value is -2.70. The number of piperazine rings is 1. The van der Waals surface area contributed by atoms with Gasteiger partial charge in [0.05, 0.1) is 5.41 Å². The fourth-order valence-corrected chi connectivity index (χ4v) is 4.92. The molecule has 1 aromatic heterocycles. The zero-order valence-corrected chi connectivity index (χ0v) is 18.0. The van der Waals surface area contributed by atoms with E-state index in [0.29, 0.717) is 13.1 Å². The van der Waals surface area contributed by atoms with Crippen molar-refractivity contribution >= 4 is 17.5 Å². The summed E-state index contributed by atoms with van der Waals surface area (Å²) in [4.78, 5) is 19.7. The highest BCUT2D eigenvalue weighted by Gasteiger charge is 2.53. The van der Waals surface area contributed by atoms with E-state index in [9.17, 15) is 9.18 Å². The zero-order chi connectivity index (χ0) is 21.3. The van der Waals surface area contributed by atoms with Crippen LogP contribution in [-0.2, 0) is 10.2 Å². The molecule has 1 aliphatic carbocycles. The Morgan fingerprint density at radius 1 is 0.742 bits per heavy atom. The Balaban J connectivity index is 1.19. The van der Waals surface area contributed by atoms with E-state index in [4.69, 9.17) is 0 Å². The molecule has 7 heteroatoms. The van der Waals surface area contributed by atoms with Crippen LogP contribution >= 0.6 is 0 Å². The van der Waals surface area contributed by atoms with Gasteiger partial charge in [-0.1, -0.05) is 25.0 Å². The third kappa shape index (κ3) is 4.10. The molecule has 0 radical (unpaired) electrons. The second-order valence-electron chi connectivity index (χ2n) is 9.02. The molecule has 3 aliphatic rings. The van der Waals surface area contributed by atoms with E-state index in [1.807, 2.05) is 4.90 Å². The molecule has 31 heavy (non-hydrogen) atoms. The minimum absolute atomic E-state index is 0.182. The van der Waals surface area contributed by atoms with Crippen molar-refractivity contribution in [1.82, 2.24) is 15.1 Å². The summed E-state index contributed by atoms with van der Waals surface area (Å²) in [5.74, 6) is 1.77. The standard InChI is InChI=1S/C24H30FN5O/c25-20-7-5-19(6-8-20)24(11-12-24)23(31)30-17-15-29(16-18-30)22-10-9-21(26-27-22)28-13-3-1-2-4-14-28/h5-10H,1-4,11-18H2. The third-order valence-electron chi connectivity index (χ3n) is 7.01. The Morgan fingerprint density at radius 3 is 1.81 bits per heavy atom. The molecule has 1 aromatic carbocycles. The summed E-state index contributed by atoms with van der Waals surface area (Å²) in [6.45, 7) is 4.98. The van der Waals surface area contributed by atoms with E-state index in [1.54, 1.807) is 12.1 Å². The zero-order valence-electron chi connectivity index (χ0n) is 18.0. The van der Waals surface area contributed by atoms with Gasteiger partial charge in [-0.2, -0.15) is 0 Å². The molecule has 1 saturated carbocycles. The maximum atomic E-state index is 13.3. The molecule has 0 bridgehead atoms. The largest absolute Gasteiger partial charge is 0.355 e. The van der Waals surface area contributed by atoms with Crippen LogP contribution < -0.4 is 9.80 Å². The van der Waals surface area contributed by atoms with E-state index in [0.717, 1.165) is 56.2 Å². The number of hydrogen-bond donors (Lipinski definition) is 0. The van der Waals surface area contributed by atoms with Crippen LogP contribution in [0.4, 0.5) is 16.0 Å². The highest BCUT2D eigenvalue weighted by atomic mass is 19.1. The van der Waals surface area contributed by atoms with Gasteiger partial charge in [0.15, 0.2) is 11.6 Å². The first-order valence-corrected chi connectivity index (χ1v) is 11.5. The molecule has 5 rings (SSSR count). The quantitative estimate of drug-likeness (QED) is 0.755. The first-order valence-electron chi connectivity index (χ1n) is 11.5. The number of rotatable bonds is 4. The highest BCUT2D eigenvalue weighted by Crippen LogP contribution is 2.49. The van der Waals surface area contributed by atoms with Gasteiger partial charge >= 0.3 is 0 Å². The average molecular weight is 424 g/mol. The number of anilines is 2. The summed E-state index contributed by atoms with van der Waals surface area (Å²) in [7, 11) is 0. The minimum atomic E-state index is -0.440. The Kier molecular flexibility index (Phi) is 5.50. The van der Waals surface area contributed by atoms with Crippen molar-refractivity contribution in [2.45, 2.75) is 43.9 Å². The van der Waals surface area contributed by atoms with Gasteiger partial charge in [0.2, 0.25) is 5.91 Å². The van der Waals surface area contributed by atoms with E-state index in [1.165, 1.54) is 37.8 Å². The van der Waals surface area contributed by atoms with Gasteiger partial charge in [-0.15, -0.1) is 10.2 Å². The number of benzene rings is 1. The maximum absolute atomic E-state index is 13.3. The van der Waals surface area contributed by atoms with Gasteiger partial charge in [0.25, 0.3) is 0 Å². The molecular weight excluding hydrogens is 393 g/mol. The normalized spacial score (nSPS) is 21.0. The van der Waals surface area contributed by atoms with Crippen molar-refractivity contribution in [2.75, 3.05) is 49.1 Å². The van der Waals surface area contributed by atoms with Gasteiger partial charge < -0.3 is 14.7 Å². The topological polar surface area (TPSA) is 52.6 Å². The molecule has 0 N–H and O–H groups in total. The molecule has 2 aromatic rings. The number of nitrogens with zero attached hydrogens (tertiary/aromatic N) is 5. The molecule has 6 nitrogen and oxygen atoms in total. The predicted octanol–water partition coefficient (Wildman–Crippen LogP) is 3.38. The summed E-state index contributed by atoms with van der Waals surface area (Å²) in [6, 6.07) is 10.6. The molecular formula is C24H30FN5O. The molecule has 0 atom stereocenters. The molecule has 3 fully saturated rings. The first kappa shape index (κ1) is 20.2. The lowest BCUT2D eigenvalue weighted by molar-refractivity contribution is -0.134. The Morgan fingerprint density at radius 2 is 1.29 bits per heavy atom. The number of halogens is 1. The molecule has 3 heterocycles. The van der Waals surface area contributed by atoms with Crippen molar-refractivity contribution in [3.63, 3.8) is 0 Å². The monoisotopic (exact) mass is 423 g/mol. The van der Waals surface area contributed by atoms with Gasteiger partial charge in [-0.05, 0) is 55.5 Å². The number of carbonyl (C=O) groups is 1. The van der Waals surface area contributed by atoms with E-state index >= 15 is 0 Å². The average Bonchev–Trinajstić information content (AvgIpc) is 3.65. The molecule has 2 aliphatic heterocycles. The molecule has 1 amide bonds. The van der Waals surface area contributed by atoms with E-state index in [2.05, 4.69) is 32.1 Å². The predicted molar refractivity (Wildman–Crippen MR) is 119 cm³/mol. The molecule has 164 valence electrons. The lowest BCUT2D eigenvalue weighted by Gasteiger charge is -2.37. The van der Waals surface area contributed by atoms with E-state index < -0.39 is 5.41 Å². The van der Waals surface area contributed by atoms with Gasteiger partial charge in [0, 0.05) is 39.3 Å². The molecule has 0 unspecified atom stereocenters. The van der Waals surface area contributed by atoms with Crippen LogP contribution in [0.2, 0.25) is 0 Å². The summed E-state index contributed by atoms with van der Waals surface area (Å²) in [5.41, 5.74) is 0.501. The van der Waals surface area contributed by atoms with Crippen molar-refractivity contribution in [2.24, 2.45) is 0 Å². The Labute approximate surface area is 183 Å². The van der Waals surface area contributed by atoms with Gasteiger partial charge in [-0.25, -0.2) is 4.39 Å². The third-order valence-corrected chi connectivity index (χ3v) is 7.01. The van der Waals surface area contributed by atoms with Crippen molar-refractivity contribution in [1.29, 1.82) is 0 Å². The van der Waals surface area contributed by atoms with Crippen LogP contribution in [0.3, 0.4) is 0 Å². The number of carbonyl (C=O) groups excluding carboxylic acids is 1. The van der Waals surface area contributed by atoms with E-state index in [-0.39, 0.29) is 11.7 Å². The summed E-state index contributed by atoms with van der Waals surface area (Å²) in [5, 5.41) is 8.98. The highest BCUT2D eigenvalue weighted by molar-refractivity contribution is 5.91. The second kappa shape index (κ2) is 8.44. The number of amides is 1. The van der Waals surface area contributed by atoms with Crippen LogP contribution in [-0.4, -0.2) is 60.3 Å². The smallest absolute Gasteiger partial charge is 0.233 e. The van der Waals surface area contributed by atoms with Crippen molar-refractivity contribution in [3.05, 3.63) is 47.8 Å². The maximum Gasteiger partial charge on any atom is 0.233 e. The summed E-state index contributed by atoms with van der Waals surface area (Å²) >= 11 is 0. The lowest BCUT2D eigenvalue weighted by atomic mass is 9.94. The number of aromatic nitrogens is 2. The van der Waals surface area contributed by atoms with Gasteiger partial charge in [-0.3, -0.25) is 4.79 Å². The summed E-state index contributed by atoms with van der Waals surface area (Å²) < 4.78 is 13.3. The number of hydrogen-bond acceptors (Lipinski definition) is 5. The Bertz CT molecular complexity index is 897. The fourth-order valence-electron chi connectivity index (χ4n) is 4.92. The van der Waals surface area contributed by atoms with Crippen LogP contribution in [0.25, 0.3) is 0 Å². The van der Waals surface area contributed by atoms with Crippen molar-refractivity contribution in [3.8, 4) is 0 Å². The van der Waals surface area contributed by atoms with Crippen LogP contribution in [0.15, 0.2) is 36.4 Å². The fraction of sp³-hybridized carbons (Fsp3) is 0.542. The minimum Gasteiger partial charge on any atom is -0.355 e. The summed E-state index contributed by atoms with van der Waals surface area (Å²) in [6.07, 6.45) is 6.74. The van der Waals surface area contributed by atoms with Crippen LogP contribution in [0.1, 0.15) is 44.1 Å². The second-order valence-corrected chi connectivity index (χ2v) is 9.02. The lowest BCUT2D eigenvalue weighted by Crippen LogP contribution is -2.51. The van der Waals surface area contributed by atoms with Crippen LogP contribution in [0.5, 0.6) is 0 Å². The van der Waals surface area contributed by atoms with Gasteiger partial charge in [0.1, 0.15) is 5.82 Å². The van der Waals surface area contributed by atoms with Crippen molar-refractivity contribution < 1.29 is 9.18 Å². The molecule has 0 spiro atoms.